The maximum absolute atomic E-state index is 13.0. The van der Waals surface area contributed by atoms with Gasteiger partial charge in [-0.15, -0.1) is 0 Å². The van der Waals surface area contributed by atoms with E-state index < -0.39 is 16.1 Å². The third-order valence-electron chi connectivity index (χ3n) is 4.39. The van der Waals surface area contributed by atoms with Crippen molar-refractivity contribution in [2.75, 3.05) is 7.05 Å². The lowest BCUT2D eigenvalue weighted by Crippen LogP contribution is -2.30. The molecular weight excluding hydrogens is 322 g/mol. The van der Waals surface area contributed by atoms with E-state index in [9.17, 15) is 8.42 Å². The number of benzene rings is 2. The number of sulfonamides is 1. The molecule has 0 spiro atoms. The molecule has 0 unspecified atom stereocenters. The predicted molar refractivity (Wildman–Crippen MR) is 95.5 cm³/mol. The van der Waals surface area contributed by atoms with Gasteiger partial charge in [0, 0.05) is 12.4 Å². The summed E-state index contributed by atoms with van der Waals surface area (Å²) in [4.78, 5) is 0.332. The van der Waals surface area contributed by atoms with Gasteiger partial charge < -0.3 is 4.42 Å². The minimum Gasteiger partial charge on any atom is -0.459 e. The Hall–Kier alpha value is -2.11. The minimum absolute atomic E-state index is 0.332. The lowest BCUT2D eigenvalue weighted by Gasteiger charge is -2.23. The average Bonchev–Trinajstić information content (AvgIpc) is 2.97. The monoisotopic (exact) mass is 343 g/mol. The number of furan rings is 1. The molecule has 1 aromatic heterocycles. The second-order valence-electron chi connectivity index (χ2n) is 6.15. The largest absolute Gasteiger partial charge is 0.459 e. The van der Waals surface area contributed by atoms with E-state index in [0.29, 0.717) is 10.7 Å². The number of aryl methyl sites for hydroxylation is 2. The van der Waals surface area contributed by atoms with E-state index in [0.717, 1.165) is 22.1 Å². The van der Waals surface area contributed by atoms with Crippen molar-refractivity contribution in [2.24, 2.45) is 0 Å². The van der Waals surface area contributed by atoms with Crippen LogP contribution in [0.2, 0.25) is 0 Å². The first kappa shape index (κ1) is 16.7. The fourth-order valence-electron chi connectivity index (χ4n) is 2.84. The summed E-state index contributed by atoms with van der Waals surface area (Å²) in [6.45, 7) is 5.60. The van der Waals surface area contributed by atoms with Crippen LogP contribution in [0, 0.1) is 13.8 Å². The number of nitrogens with zero attached hydrogens (tertiary/aromatic N) is 1. The van der Waals surface area contributed by atoms with Crippen molar-refractivity contribution < 1.29 is 12.8 Å². The third-order valence-corrected chi connectivity index (χ3v) is 6.48. The van der Waals surface area contributed by atoms with Crippen molar-refractivity contribution in [1.29, 1.82) is 0 Å². The molecule has 0 aliphatic heterocycles. The highest BCUT2D eigenvalue weighted by Gasteiger charge is 2.29. The summed E-state index contributed by atoms with van der Waals surface area (Å²) in [6.07, 6.45) is 0. The average molecular weight is 343 g/mol. The van der Waals surface area contributed by atoms with E-state index >= 15 is 0 Å². The molecule has 1 atom stereocenters. The van der Waals surface area contributed by atoms with Gasteiger partial charge in [0.1, 0.15) is 11.3 Å². The maximum Gasteiger partial charge on any atom is 0.243 e. The Balaban J connectivity index is 1.98. The molecule has 3 rings (SSSR count). The lowest BCUT2D eigenvalue weighted by atomic mass is 10.2. The highest BCUT2D eigenvalue weighted by molar-refractivity contribution is 7.89. The molecule has 24 heavy (non-hydrogen) atoms. The fraction of sp³-hybridized carbons (Fsp3) is 0.263. The molecule has 0 amide bonds. The number of hydrogen-bond acceptors (Lipinski definition) is 3. The highest BCUT2D eigenvalue weighted by atomic mass is 32.2. The Labute approximate surface area is 142 Å². The van der Waals surface area contributed by atoms with Crippen LogP contribution in [0.1, 0.15) is 29.9 Å². The van der Waals surface area contributed by atoms with Crippen molar-refractivity contribution in [2.45, 2.75) is 31.7 Å². The summed E-state index contributed by atoms with van der Waals surface area (Å²) in [6, 6.07) is 14.5. The van der Waals surface area contributed by atoms with Gasteiger partial charge in [0.05, 0.1) is 10.9 Å². The highest BCUT2D eigenvalue weighted by Crippen LogP contribution is 2.31. The zero-order valence-corrected chi connectivity index (χ0v) is 15.1. The zero-order valence-electron chi connectivity index (χ0n) is 14.3. The van der Waals surface area contributed by atoms with Gasteiger partial charge in [-0.2, -0.15) is 4.31 Å². The van der Waals surface area contributed by atoms with Gasteiger partial charge in [-0.05, 0) is 44.5 Å². The van der Waals surface area contributed by atoms with E-state index in [1.54, 1.807) is 13.1 Å². The Morgan fingerprint density at radius 1 is 1.04 bits per heavy atom. The number of fused-ring (bicyclic) bond motifs is 1. The molecule has 126 valence electrons. The summed E-state index contributed by atoms with van der Waals surface area (Å²) in [5.41, 5.74) is 2.55. The molecule has 1 heterocycles. The zero-order chi connectivity index (χ0) is 17.5. The van der Waals surface area contributed by atoms with Crippen LogP contribution in [0.3, 0.4) is 0 Å². The van der Waals surface area contributed by atoms with Gasteiger partial charge >= 0.3 is 0 Å². The number of para-hydroxylation sites is 1. The molecule has 2 aromatic carbocycles. The molecule has 3 aromatic rings. The van der Waals surface area contributed by atoms with Crippen molar-refractivity contribution in [3.8, 4) is 0 Å². The van der Waals surface area contributed by atoms with Crippen LogP contribution in [0.4, 0.5) is 0 Å². The number of rotatable bonds is 4. The van der Waals surface area contributed by atoms with E-state index in [2.05, 4.69) is 0 Å². The third kappa shape index (κ3) is 2.85. The van der Waals surface area contributed by atoms with Gasteiger partial charge in [-0.25, -0.2) is 8.42 Å². The Kier molecular flexibility index (Phi) is 4.24. The summed E-state index contributed by atoms with van der Waals surface area (Å²) in [5.74, 6) is 0.632. The molecule has 0 radical (unpaired) electrons. The Bertz CT molecular complexity index is 956. The quantitative estimate of drug-likeness (QED) is 0.704. The second-order valence-corrected chi connectivity index (χ2v) is 8.12. The summed E-state index contributed by atoms with van der Waals surface area (Å²) >= 11 is 0. The van der Waals surface area contributed by atoms with Gasteiger partial charge in [0.25, 0.3) is 0 Å². The molecule has 0 aliphatic carbocycles. The van der Waals surface area contributed by atoms with Crippen molar-refractivity contribution in [3.63, 3.8) is 0 Å². The predicted octanol–water partition coefficient (Wildman–Crippen LogP) is 4.43. The van der Waals surface area contributed by atoms with E-state index in [4.69, 9.17) is 4.42 Å². The second kappa shape index (κ2) is 6.07. The van der Waals surface area contributed by atoms with Gasteiger partial charge in [0.15, 0.2) is 0 Å². The lowest BCUT2D eigenvalue weighted by molar-refractivity contribution is 0.348. The van der Waals surface area contributed by atoms with Crippen molar-refractivity contribution in [1.82, 2.24) is 4.31 Å². The van der Waals surface area contributed by atoms with Gasteiger partial charge in [-0.3, -0.25) is 0 Å². The van der Waals surface area contributed by atoms with Crippen LogP contribution in [-0.2, 0) is 10.0 Å². The summed E-state index contributed by atoms with van der Waals surface area (Å²) in [5, 5.41) is 0.969. The number of hydrogen-bond donors (Lipinski definition) is 0. The molecular formula is C19H21NO3S. The molecule has 0 fully saturated rings. The molecule has 5 heteroatoms. The first-order chi connectivity index (χ1) is 11.3. The van der Waals surface area contributed by atoms with Crippen molar-refractivity contribution in [3.05, 3.63) is 65.4 Å². The van der Waals surface area contributed by atoms with E-state index in [1.807, 2.05) is 63.2 Å². The van der Waals surface area contributed by atoms with E-state index in [-0.39, 0.29) is 0 Å². The molecule has 0 bridgehead atoms. The SMILES string of the molecule is Cc1ccc(S(=O)(=O)N(C)[C@H](C)c2cc3ccccc3o2)c(C)c1. The van der Waals surface area contributed by atoms with Crippen LogP contribution in [0.5, 0.6) is 0 Å². The van der Waals surface area contributed by atoms with Crippen molar-refractivity contribution >= 4 is 21.0 Å². The summed E-state index contributed by atoms with van der Waals surface area (Å²) < 4.78 is 33.1. The Morgan fingerprint density at radius 3 is 2.42 bits per heavy atom. The maximum atomic E-state index is 13.0. The minimum atomic E-state index is -3.60. The first-order valence-electron chi connectivity index (χ1n) is 7.84. The molecule has 0 saturated carbocycles. The molecule has 0 saturated heterocycles. The van der Waals surface area contributed by atoms with Crippen LogP contribution in [0.15, 0.2) is 57.8 Å². The van der Waals surface area contributed by atoms with Crippen LogP contribution >= 0.6 is 0 Å². The smallest absolute Gasteiger partial charge is 0.243 e. The summed E-state index contributed by atoms with van der Waals surface area (Å²) in [7, 11) is -2.01. The van der Waals surface area contributed by atoms with Crippen LogP contribution < -0.4 is 0 Å². The standard InChI is InChI=1S/C19H21NO3S/c1-13-9-10-19(14(2)11-13)24(21,22)20(4)15(3)18-12-16-7-5-6-8-17(16)23-18/h5-12,15H,1-4H3/t15-/m1/s1. The normalized spacial score (nSPS) is 13.5. The van der Waals surface area contributed by atoms with Gasteiger partial charge in [-0.1, -0.05) is 35.9 Å². The Morgan fingerprint density at radius 2 is 1.75 bits per heavy atom. The van der Waals surface area contributed by atoms with Crippen LogP contribution in [0.25, 0.3) is 11.0 Å². The van der Waals surface area contributed by atoms with Gasteiger partial charge in [0.2, 0.25) is 10.0 Å². The molecule has 0 N–H and O–H groups in total. The van der Waals surface area contributed by atoms with E-state index in [1.165, 1.54) is 4.31 Å². The fourth-order valence-corrected chi connectivity index (χ4v) is 4.38. The molecule has 0 aliphatic rings. The first-order valence-corrected chi connectivity index (χ1v) is 9.28. The topological polar surface area (TPSA) is 50.5 Å². The van der Waals surface area contributed by atoms with Crippen LogP contribution in [-0.4, -0.2) is 19.8 Å². The molecule has 4 nitrogen and oxygen atoms in total.